The van der Waals surface area contributed by atoms with Gasteiger partial charge in [0.2, 0.25) is 11.7 Å². The molecule has 0 saturated carbocycles. The second kappa shape index (κ2) is 11.5. The van der Waals surface area contributed by atoms with Crippen LogP contribution in [0.15, 0.2) is 29.8 Å². The van der Waals surface area contributed by atoms with Gasteiger partial charge >= 0.3 is 0 Å². The van der Waals surface area contributed by atoms with E-state index in [1.165, 1.54) is 5.56 Å². The van der Waals surface area contributed by atoms with Crippen molar-refractivity contribution in [2.24, 2.45) is 0 Å². The number of fused-ring (bicyclic) bond motifs is 1. The molecule has 0 unspecified atom stereocenters. The van der Waals surface area contributed by atoms with Crippen LogP contribution in [0, 0.1) is 0 Å². The molecule has 8 nitrogen and oxygen atoms in total. The van der Waals surface area contributed by atoms with Gasteiger partial charge in [-0.2, -0.15) is 0 Å². The number of hydrogen-bond acceptors (Lipinski definition) is 7. The molecule has 1 aliphatic carbocycles. The normalized spacial score (nSPS) is 15.8. The summed E-state index contributed by atoms with van der Waals surface area (Å²) in [5, 5.41) is 0. The Morgan fingerprint density at radius 2 is 1.39 bits per heavy atom. The van der Waals surface area contributed by atoms with Gasteiger partial charge in [-0.15, -0.1) is 0 Å². The van der Waals surface area contributed by atoms with Crippen molar-refractivity contribution in [3.05, 3.63) is 41.0 Å². The zero-order valence-corrected chi connectivity index (χ0v) is 21.7. The fourth-order valence-corrected chi connectivity index (χ4v) is 4.88. The molecular formula is C28H35NO7. The first-order chi connectivity index (χ1) is 17.5. The van der Waals surface area contributed by atoms with Crippen molar-refractivity contribution >= 4 is 12.0 Å². The number of ether oxygens (including phenoxy) is 6. The van der Waals surface area contributed by atoms with E-state index < -0.39 is 0 Å². The van der Waals surface area contributed by atoms with Crippen molar-refractivity contribution in [1.29, 1.82) is 0 Å². The van der Waals surface area contributed by atoms with Gasteiger partial charge in [-0.05, 0) is 48.6 Å². The highest BCUT2D eigenvalue weighted by Crippen LogP contribution is 2.41. The SMILES string of the molecule is COc1cc2c(cc1OC)CCCC(C(=O)N1CCC(Oc3cc(OC)c(OC)c(OC)c3)CC1)=C2. The van der Waals surface area contributed by atoms with Gasteiger partial charge in [0.05, 0.1) is 35.5 Å². The molecule has 1 fully saturated rings. The smallest absolute Gasteiger partial charge is 0.249 e. The quantitative estimate of drug-likeness (QED) is 0.531. The molecule has 1 amide bonds. The summed E-state index contributed by atoms with van der Waals surface area (Å²) in [7, 11) is 8.00. The van der Waals surface area contributed by atoms with Gasteiger partial charge in [-0.25, -0.2) is 0 Å². The number of carbonyl (C=O) groups excluding carboxylic acids is 1. The Bertz CT molecular complexity index is 1090. The van der Waals surface area contributed by atoms with Crippen LogP contribution in [-0.4, -0.2) is 65.5 Å². The summed E-state index contributed by atoms with van der Waals surface area (Å²) in [6, 6.07) is 7.58. The van der Waals surface area contributed by atoms with E-state index in [9.17, 15) is 4.79 Å². The first-order valence-electron chi connectivity index (χ1n) is 12.2. The van der Waals surface area contributed by atoms with Crippen LogP contribution in [0.4, 0.5) is 0 Å². The molecule has 0 bridgehead atoms. The maximum absolute atomic E-state index is 13.4. The van der Waals surface area contributed by atoms with Crippen molar-refractivity contribution in [3.8, 4) is 34.5 Å². The van der Waals surface area contributed by atoms with Crippen LogP contribution in [0.5, 0.6) is 34.5 Å². The number of amides is 1. The third-order valence-corrected chi connectivity index (χ3v) is 6.81. The molecule has 0 N–H and O–H groups in total. The van der Waals surface area contributed by atoms with Gasteiger partial charge in [0.1, 0.15) is 11.9 Å². The van der Waals surface area contributed by atoms with Crippen molar-refractivity contribution in [2.45, 2.75) is 38.2 Å². The number of hydrogen-bond donors (Lipinski definition) is 0. The van der Waals surface area contributed by atoms with Gasteiger partial charge in [0, 0.05) is 43.6 Å². The number of likely N-dealkylation sites (tertiary alicyclic amines) is 1. The topological polar surface area (TPSA) is 75.7 Å². The third kappa shape index (κ3) is 5.32. The Kier molecular flexibility index (Phi) is 8.13. The minimum Gasteiger partial charge on any atom is -0.493 e. The molecule has 194 valence electrons. The van der Waals surface area contributed by atoms with E-state index >= 15 is 0 Å². The molecule has 2 aliphatic rings. The highest BCUT2D eigenvalue weighted by Gasteiger charge is 2.27. The Morgan fingerprint density at radius 1 is 0.778 bits per heavy atom. The average molecular weight is 498 g/mol. The summed E-state index contributed by atoms with van der Waals surface area (Å²) in [6.07, 6.45) is 6.08. The van der Waals surface area contributed by atoms with Crippen LogP contribution in [0.1, 0.15) is 36.8 Å². The van der Waals surface area contributed by atoms with Gasteiger partial charge in [0.15, 0.2) is 23.0 Å². The molecule has 0 spiro atoms. The monoisotopic (exact) mass is 497 g/mol. The zero-order chi connectivity index (χ0) is 25.7. The number of methoxy groups -OCH3 is 5. The summed E-state index contributed by atoms with van der Waals surface area (Å²) < 4.78 is 33.4. The molecule has 1 aliphatic heterocycles. The molecule has 4 rings (SSSR count). The minimum absolute atomic E-state index is 0.00239. The average Bonchev–Trinajstić information content (AvgIpc) is 3.13. The van der Waals surface area contributed by atoms with E-state index in [1.54, 1.807) is 47.7 Å². The van der Waals surface area contributed by atoms with Crippen molar-refractivity contribution < 1.29 is 33.2 Å². The molecule has 1 heterocycles. The van der Waals surface area contributed by atoms with Gasteiger partial charge in [-0.3, -0.25) is 4.79 Å². The van der Waals surface area contributed by atoms with E-state index in [0.717, 1.165) is 43.2 Å². The first kappa shape index (κ1) is 25.5. The largest absolute Gasteiger partial charge is 0.493 e. The highest BCUT2D eigenvalue weighted by atomic mass is 16.5. The maximum Gasteiger partial charge on any atom is 0.249 e. The highest BCUT2D eigenvalue weighted by molar-refractivity contribution is 5.98. The second-order valence-electron chi connectivity index (χ2n) is 8.90. The molecule has 0 atom stereocenters. The molecule has 2 aromatic rings. The lowest BCUT2D eigenvalue weighted by atomic mass is 10.0. The first-order valence-corrected chi connectivity index (χ1v) is 12.2. The molecule has 0 aromatic heterocycles. The molecule has 8 heteroatoms. The number of carbonyl (C=O) groups is 1. The lowest BCUT2D eigenvalue weighted by Crippen LogP contribution is -2.42. The predicted molar refractivity (Wildman–Crippen MR) is 137 cm³/mol. The number of piperidine rings is 1. The molecule has 36 heavy (non-hydrogen) atoms. The van der Waals surface area contributed by atoms with Crippen LogP contribution in [0.3, 0.4) is 0 Å². The Balaban J connectivity index is 1.43. The van der Waals surface area contributed by atoms with Crippen LogP contribution in [0.2, 0.25) is 0 Å². The summed E-state index contributed by atoms with van der Waals surface area (Å²) in [5.74, 6) is 3.77. The summed E-state index contributed by atoms with van der Waals surface area (Å²) in [4.78, 5) is 15.3. The standard InChI is InChI=1S/C28H35NO7/c1-31-23-14-18-7-6-8-19(13-20(18)15-24(23)32-2)28(30)29-11-9-21(10-12-29)36-22-16-25(33-3)27(35-5)26(17-22)34-4/h13-17,21H,6-12H2,1-5H3. The lowest BCUT2D eigenvalue weighted by Gasteiger charge is -2.33. The summed E-state index contributed by atoms with van der Waals surface area (Å²) >= 11 is 0. The number of benzene rings is 2. The number of rotatable bonds is 8. The fourth-order valence-electron chi connectivity index (χ4n) is 4.88. The van der Waals surface area contributed by atoms with Crippen molar-refractivity contribution in [3.63, 3.8) is 0 Å². The Labute approximate surface area is 212 Å². The predicted octanol–water partition coefficient (Wildman–Crippen LogP) is 4.52. The summed E-state index contributed by atoms with van der Waals surface area (Å²) in [5.41, 5.74) is 3.03. The molecule has 2 aromatic carbocycles. The van der Waals surface area contributed by atoms with E-state index in [1.807, 2.05) is 23.1 Å². The van der Waals surface area contributed by atoms with Crippen LogP contribution < -0.4 is 28.4 Å². The zero-order valence-electron chi connectivity index (χ0n) is 21.7. The van der Waals surface area contributed by atoms with E-state index in [0.29, 0.717) is 47.6 Å². The Hall–Kier alpha value is -3.55. The van der Waals surface area contributed by atoms with Gasteiger partial charge in [-0.1, -0.05) is 0 Å². The molecule has 1 saturated heterocycles. The van der Waals surface area contributed by atoms with Crippen molar-refractivity contribution in [2.75, 3.05) is 48.6 Å². The fraction of sp³-hybridized carbons (Fsp3) is 0.464. The summed E-state index contributed by atoms with van der Waals surface area (Å²) in [6.45, 7) is 1.29. The Morgan fingerprint density at radius 3 is 1.97 bits per heavy atom. The number of nitrogens with zero attached hydrogens (tertiary/aromatic N) is 1. The van der Waals surface area contributed by atoms with Crippen molar-refractivity contribution in [1.82, 2.24) is 4.90 Å². The van der Waals surface area contributed by atoms with E-state index in [4.69, 9.17) is 28.4 Å². The van der Waals surface area contributed by atoms with Crippen LogP contribution in [-0.2, 0) is 11.2 Å². The van der Waals surface area contributed by atoms with Gasteiger partial charge in [0.25, 0.3) is 0 Å². The van der Waals surface area contributed by atoms with E-state index in [-0.39, 0.29) is 12.0 Å². The van der Waals surface area contributed by atoms with Crippen LogP contribution >= 0.6 is 0 Å². The van der Waals surface area contributed by atoms with Crippen LogP contribution in [0.25, 0.3) is 6.08 Å². The third-order valence-electron chi connectivity index (χ3n) is 6.81. The number of aryl methyl sites for hydroxylation is 1. The molecule has 0 radical (unpaired) electrons. The van der Waals surface area contributed by atoms with Gasteiger partial charge < -0.3 is 33.3 Å². The maximum atomic E-state index is 13.4. The molecular weight excluding hydrogens is 462 g/mol. The minimum atomic E-state index is -0.00239. The van der Waals surface area contributed by atoms with E-state index in [2.05, 4.69) is 0 Å². The second-order valence-corrected chi connectivity index (χ2v) is 8.90. The lowest BCUT2D eigenvalue weighted by molar-refractivity contribution is -0.129.